The second-order valence-corrected chi connectivity index (χ2v) is 5.68. The van der Waals surface area contributed by atoms with E-state index in [9.17, 15) is 5.11 Å². The smallest absolute Gasteiger partial charge is 0.0670 e. The van der Waals surface area contributed by atoms with Gasteiger partial charge < -0.3 is 10.0 Å². The molecule has 0 amide bonds. The Morgan fingerprint density at radius 2 is 2.18 bits per heavy atom. The van der Waals surface area contributed by atoms with E-state index < -0.39 is 0 Å². The molecule has 0 aromatic heterocycles. The van der Waals surface area contributed by atoms with E-state index in [4.69, 9.17) is 0 Å². The van der Waals surface area contributed by atoms with Crippen LogP contribution >= 0.6 is 0 Å². The summed E-state index contributed by atoms with van der Waals surface area (Å²) in [6.45, 7) is 8.16. The fourth-order valence-corrected chi connectivity index (χ4v) is 3.28. The first-order chi connectivity index (χ1) is 8.20. The second kappa shape index (κ2) is 5.98. The summed E-state index contributed by atoms with van der Waals surface area (Å²) in [5.41, 5.74) is 0. The van der Waals surface area contributed by atoms with E-state index in [0.717, 1.165) is 25.3 Å². The van der Waals surface area contributed by atoms with Crippen LogP contribution in [0.4, 0.5) is 0 Å². The molecule has 3 atom stereocenters. The van der Waals surface area contributed by atoms with Gasteiger partial charge in [0.2, 0.25) is 0 Å². The number of β-amino-alcohol motifs (C(OH)–C–C–N with tert-alkyl or cyclic N) is 1. The third-order valence-electron chi connectivity index (χ3n) is 4.33. The third-order valence-corrected chi connectivity index (χ3v) is 4.33. The molecule has 1 N–H and O–H groups in total. The monoisotopic (exact) mass is 238 g/mol. The molecule has 0 spiro atoms. The molecule has 2 saturated heterocycles. The molecule has 17 heavy (non-hydrogen) atoms. The molecule has 0 aromatic carbocycles. The normalized spacial score (nSPS) is 32.4. The molecule has 2 fully saturated rings. The third kappa shape index (κ3) is 3.30. The molecule has 3 unspecified atom stereocenters. The molecule has 0 bridgehead atoms. The van der Waals surface area contributed by atoms with E-state index >= 15 is 0 Å². The Morgan fingerprint density at radius 1 is 1.41 bits per heavy atom. The van der Waals surface area contributed by atoms with Crippen molar-refractivity contribution in [1.82, 2.24) is 9.80 Å². The van der Waals surface area contributed by atoms with Crippen molar-refractivity contribution in [2.24, 2.45) is 5.92 Å². The summed E-state index contributed by atoms with van der Waals surface area (Å²) in [4.78, 5) is 4.93. The highest BCUT2D eigenvalue weighted by atomic mass is 16.3. The van der Waals surface area contributed by atoms with Gasteiger partial charge in [0.05, 0.1) is 6.10 Å². The number of hydrogen-bond acceptors (Lipinski definition) is 3. The number of aliphatic hydroxyl groups is 1. The van der Waals surface area contributed by atoms with Crippen molar-refractivity contribution in [2.75, 3.05) is 33.2 Å². The molecule has 3 heteroatoms. The zero-order valence-corrected chi connectivity index (χ0v) is 11.0. The minimum atomic E-state index is -0.181. The van der Waals surface area contributed by atoms with Gasteiger partial charge in [-0.25, -0.2) is 0 Å². The van der Waals surface area contributed by atoms with Gasteiger partial charge >= 0.3 is 0 Å². The lowest BCUT2D eigenvalue weighted by Crippen LogP contribution is -2.48. The number of rotatable bonds is 5. The predicted molar refractivity (Wildman–Crippen MR) is 71.0 cm³/mol. The van der Waals surface area contributed by atoms with E-state index in [0.29, 0.717) is 6.04 Å². The molecule has 0 saturated carbocycles. The quantitative estimate of drug-likeness (QED) is 0.732. The van der Waals surface area contributed by atoms with Crippen molar-refractivity contribution in [2.45, 2.75) is 37.8 Å². The average Bonchev–Trinajstić information content (AvgIpc) is 2.69. The van der Waals surface area contributed by atoms with Crippen molar-refractivity contribution in [3.05, 3.63) is 12.7 Å². The standard InChI is InChI=1S/C14H26N2O/c1-3-4-5-13(17)10-16-9-7-12-6-8-15(2)11-14(12)16/h3,12-14,17H,1,4-11H2,2H3. The first kappa shape index (κ1) is 13.1. The van der Waals surface area contributed by atoms with Crippen molar-refractivity contribution >= 4 is 0 Å². The van der Waals surface area contributed by atoms with Crippen LogP contribution in [-0.4, -0.2) is 60.3 Å². The maximum atomic E-state index is 9.99. The largest absolute Gasteiger partial charge is 0.392 e. The first-order valence-corrected chi connectivity index (χ1v) is 6.92. The average molecular weight is 238 g/mol. The maximum Gasteiger partial charge on any atom is 0.0670 e. The highest BCUT2D eigenvalue weighted by Gasteiger charge is 2.37. The summed E-state index contributed by atoms with van der Waals surface area (Å²) in [6, 6.07) is 0.687. The van der Waals surface area contributed by atoms with E-state index in [1.807, 2.05) is 6.08 Å². The number of fused-ring (bicyclic) bond motifs is 1. The summed E-state index contributed by atoms with van der Waals surface area (Å²) in [5.74, 6) is 0.873. The van der Waals surface area contributed by atoms with Crippen molar-refractivity contribution in [3.63, 3.8) is 0 Å². The minimum Gasteiger partial charge on any atom is -0.392 e. The fourth-order valence-electron chi connectivity index (χ4n) is 3.28. The molecular formula is C14H26N2O. The lowest BCUT2D eigenvalue weighted by atomic mass is 9.92. The topological polar surface area (TPSA) is 26.7 Å². The highest BCUT2D eigenvalue weighted by Crippen LogP contribution is 2.31. The molecule has 3 nitrogen and oxygen atoms in total. The lowest BCUT2D eigenvalue weighted by Gasteiger charge is -2.37. The van der Waals surface area contributed by atoms with Gasteiger partial charge in [-0.2, -0.15) is 0 Å². The van der Waals surface area contributed by atoms with E-state index in [1.165, 1.54) is 32.5 Å². The Bertz CT molecular complexity index is 257. The minimum absolute atomic E-state index is 0.181. The van der Waals surface area contributed by atoms with Crippen LogP contribution in [0.5, 0.6) is 0 Å². The molecule has 0 radical (unpaired) electrons. The van der Waals surface area contributed by atoms with Crippen LogP contribution in [0.2, 0.25) is 0 Å². The van der Waals surface area contributed by atoms with Gasteiger partial charge in [-0.15, -0.1) is 6.58 Å². The number of nitrogens with zero attached hydrogens (tertiary/aromatic N) is 2. The van der Waals surface area contributed by atoms with Crippen molar-refractivity contribution in [3.8, 4) is 0 Å². The van der Waals surface area contributed by atoms with Crippen LogP contribution < -0.4 is 0 Å². The number of allylic oxidation sites excluding steroid dienone is 1. The van der Waals surface area contributed by atoms with Gasteiger partial charge in [-0.05, 0) is 51.7 Å². The van der Waals surface area contributed by atoms with Crippen LogP contribution in [-0.2, 0) is 0 Å². The van der Waals surface area contributed by atoms with Crippen LogP contribution in [0.15, 0.2) is 12.7 Å². The predicted octanol–water partition coefficient (Wildman–Crippen LogP) is 1.34. The van der Waals surface area contributed by atoms with Crippen LogP contribution in [0.1, 0.15) is 25.7 Å². The Balaban J connectivity index is 1.82. The zero-order chi connectivity index (χ0) is 12.3. The van der Waals surface area contributed by atoms with Gasteiger partial charge in [-0.3, -0.25) is 4.90 Å². The Hall–Kier alpha value is -0.380. The number of likely N-dealkylation sites (N-methyl/N-ethyl adjacent to an activating group) is 1. The van der Waals surface area contributed by atoms with Gasteiger partial charge in [-0.1, -0.05) is 6.08 Å². The molecule has 0 aromatic rings. The van der Waals surface area contributed by atoms with Gasteiger partial charge in [0.1, 0.15) is 0 Å². The molecule has 0 aliphatic carbocycles. The lowest BCUT2D eigenvalue weighted by molar-refractivity contribution is 0.0675. The van der Waals surface area contributed by atoms with Gasteiger partial charge in [0.15, 0.2) is 0 Å². The summed E-state index contributed by atoms with van der Waals surface area (Å²) in [7, 11) is 2.21. The first-order valence-electron chi connectivity index (χ1n) is 6.92. The summed E-state index contributed by atoms with van der Waals surface area (Å²) in [6.07, 6.45) is 6.15. The van der Waals surface area contributed by atoms with Crippen LogP contribution in [0.3, 0.4) is 0 Å². The summed E-state index contributed by atoms with van der Waals surface area (Å²) >= 11 is 0. The molecule has 2 aliphatic rings. The van der Waals surface area contributed by atoms with Gasteiger partial charge in [0, 0.05) is 19.1 Å². The zero-order valence-electron chi connectivity index (χ0n) is 11.0. The highest BCUT2D eigenvalue weighted by molar-refractivity contribution is 4.93. The van der Waals surface area contributed by atoms with Crippen molar-refractivity contribution in [1.29, 1.82) is 0 Å². The Labute approximate surface area is 105 Å². The Morgan fingerprint density at radius 3 is 2.94 bits per heavy atom. The summed E-state index contributed by atoms with van der Waals surface area (Å²) < 4.78 is 0. The second-order valence-electron chi connectivity index (χ2n) is 5.68. The van der Waals surface area contributed by atoms with Crippen LogP contribution in [0, 0.1) is 5.92 Å². The molecule has 98 valence electrons. The molecule has 2 rings (SSSR count). The van der Waals surface area contributed by atoms with E-state index in [2.05, 4.69) is 23.4 Å². The van der Waals surface area contributed by atoms with E-state index in [1.54, 1.807) is 0 Å². The fraction of sp³-hybridized carbons (Fsp3) is 0.857. The van der Waals surface area contributed by atoms with Gasteiger partial charge in [0.25, 0.3) is 0 Å². The van der Waals surface area contributed by atoms with Crippen molar-refractivity contribution < 1.29 is 5.11 Å². The Kier molecular flexibility index (Phi) is 4.60. The molecule has 2 aliphatic heterocycles. The molecular weight excluding hydrogens is 212 g/mol. The number of piperidine rings is 1. The number of hydrogen-bond donors (Lipinski definition) is 1. The van der Waals surface area contributed by atoms with E-state index in [-0.39, 0.29) is 6.10 Å². The SMILES string of the molecule is C=CCCC(O)CN1CCC2CCN(C)CC21. The van der Waals surface area contributed by atoms with Crippen LogP contribution in [0.25, 0.3) is 0 Å². The molecule has 2 heterocycles. The number of aliphatic hydroxyl groups excluding tert-OH is 1. The number of likely N-dealkylation sites (tertiary alicyclic amines) is 2. The maximum absolute atomic E-state index is 9.99. The summed E-state index contributed by atoms with van der Waals surface area (Å²) in [5, 5.41) is 9.99.